The van der Waals surface area contributed by atoms with Crippen LogP contribution in [0.2, 0.25) is 0 Å². The first-order valence-corrected chi connectivity index (χ1v) is 8.73. The van der Waals surface area contributed by atoms with Crippen LogP contribution in [0.4, 0.5) is 5.82 Å². The highest BCUT2D eigenvalue weighted by molar-refractivity contribution is 5.76. The molecule has 0 atom stereocenters. The zero-order valence-corrected chi connectivity index (χ0v) is 14.0. The molecular weight excluding hydrogens is 290 g/mol. The molecule has 0 aliphatic carbocycles. The van der Waals surface area contributed by atoms with Crippen molar-refractivity contribution >= 4 is 11.7 Å². The van der Waals surface area contributed by atoms with E-state index in [1.807, 2.05) is 11.0 Å². The van der Waals surface area contributed by atoms with Gasteiger partial charge in [-0.3, -0.25) is 4.79 Å². The van der Waals surface area contributed by atoms with E-state index in [0.29, 0.717) is 11.9 Å². The number of nitrogens with zero attached hydrogens (tertiary/aromatic N) is 5. The molecule has 1 amide bonds. The van der Waals surface area contributed by atoms with Gasteiger partial charge in [0.25, 0.3) is 0 Å². The fourth-order valence-corrected chi connectivity index (χ4v) is 3.57. The van der Waals surface area contributed by atoms with Gasteiger partial charge in [-0.2, -0.15) is 0 Å². The normalized spacial score (nSPS) is 20.7. The molecule has 3 rings (SSSR count). The lowest BCUT2D eigenvalue weighted by Gasteiger charge is -2.38. The van der Waals surface area contributed by atoms with Crippen LogP contribution in [0.1, 0.15) is 32.1 Å². The van der Waals surface area contributed by atoms with Crippen LogP contribution in [0.15, 0.2) is 18.6 Å². The summed E-state index contributed by atoms with van der Waals surface area (Å²) in [7, 11) is 2.12. The fraction of sp³-hybridized carbons (Fsp3) is 0.706. The molecule has 2 aliphatic rings. The average Bonchev–Trinajstić information content (AvgIpc) is 2.62. The summed E-state index contributed by atoms with van der Waals surface area (Å²) in [6.07, 6.45) is 8.67. The van der Waals surface area contributed by atoms with Crippen LogP contribution in [-0.4, -0.2) is 71.5 Å². The molecule has 0 aromatic carbocycles. The molecule has 3 heterocycles. The van der Waals surface area contributed by atoms with Gasteiger partial charge in [0.15, 0.2) is 0 Å². The van der Waals surface area contributed by atoms with Crippen molar-refractivity contribution in [2.45, 2.75) is 38.1 Å². The van der Waals surface area contributed by atoms with Gasteiger partial charge in [-0.1, -0.05) is 0 Å². The molecular formula is C17H27N5O. The van der Waals surface area contributed by atoms with E-state index in [0.717, 1.165) is 70.6 Å². The minimum atomic E-state index is 0.342. The Morgan fingerprint density at radius 2 is 2.04 bits per heavy atom. The third-order valence-corrected chi connectivity index (χ3v) is 5.14. The zero-order valence-electron chi connectivity index (χ0n) is 14.0. The predicted molar refractivity (Wildman–Crippen MR) is 90.3 cm³/mol. The molecule has 0 saturated carbocycles. The van der Waals surface area contributed by atoms with Crippen molar-refractivity contribution in [2.24, 2.45) is 0 Å². The Hall–Kier alpha value is -1.69. The second-order valence-electron chi connectivity index (χ2n) is 6.59. The summed E-state index contributed by atoms with van der Waals surface area (Å²) in [6.45, 7) is 5.05. The quantitative estimate of drug-likeness (QED) is 0.821. The van der Waals surface area contributed by atoms with Gasteiger partial charge in [-0.05, 0) is 31.7 Å². The van der Waals surface area contributed by atoms with Gasteiger partial charge in [0, 0.05) is 58.4 Å². The van der Waals surface area contributed by atoms with E-state index >= 15 is 0 Å². The molecule has 1 aromatic heterocycles. The van der Waals surface area contributed by atoms with E-state index in [1.165, 1.54) is 0 Å². The van der Waals surface area contributed by atoms with Crippen LogP contribution in [0, 0.1) is 0 Å². The van der Waals surface area contributed by atoms with Gasteiger partial charge < -0.3 is 14.7 Å². The van der Waals surface area contributed by atoms with E-state index in [2.05, 4.69) is 26.8 Å². The number of likely N-dealkylation sites (tertiary alicyclic amines) is 2. The van der Waals surface area contributed by atoms with Crippen LogP contribution < -0.4 is 4.90 Å². The maximum absolute atomic E-state index is 11.9. The standard InChI is InChI=1S/C17H27N5O/c1-20(16-5-8-18-14-19-16)15-6-10-21(11-7-15)12-13-22-9-3-2-4-17(22)23/h5,8,14-15H,2-4,6-7,9-13H2,1H3. The molecule has 1 aromatic rings. The number of aromatic nitrogens is 2. The molecule has 2 aliphatic heterocycles. The first-order valence-electron chi connectivity index (χ1n) is 8.73. The molecule has 2 fully saturated rings. The van der Waals surface area contributed by atoms with Gasteiger partial charge >= 0.3 is 0 Å². The summed E-state index contributed by atoms with van der Waals surface area (Å²) in [5.74, 6) is 1.34. The molecule has 0 radical (unpaired) electrons. The highest BCUT2D eigenvalue weighted by Crippen LogP contribution is 2.20. The summed E-state index contributed by atoms with van der Waals surface area (Å²) in [4.78, 5) is 27.0. The van der Waals surface area contributed by atoms with E-state index in [-0.39, 0.29) is 0 Å². The Balaban J connectivity index is 1.42. The number of amides is 1. The summed E-state index contributed by atoms with van der Waals surface area (Å²) < 4.78 is 0. The topological polar surface area (TPSA) is 52.6 Å². The zero-order chi connectivity index (χ0) is 16.1. The maximum atomic E-state index is 11.9. The molecule has 6 heteroatoms. The van der Waals surface area contributed by atoms with Crippen molar-refractivity contribution in [2.75, 3.05) is 44.7 Å². The molecule has 0 N–H and O–H groups in total. The second kappa shape index (κ2) is 7.73. The molecule has 0 bridgehead atoms. The highest BCUT2D eigenvalue weighted by atomic mass is 16.2. The van der Waals surface area contributed by atoms with Crippen LogP contribution >= 0.6 is 0 Å². The molecule has 126 valence electrons. The van der Waals surface area contributed by atoms with E-state index in [1.54, 1.807) is 12.5 Å². The summed E-state index contributed by atoms with van der Waals surface area (Å²) >= 11 is 0. The van der Waals surface area contributed by atoms with Gasteiger partial charge in [0.05, 0.1) is 0 Å². The van der Waals surface area contributed by atoms with Gasteiger partial charge in [-0.25, -0.2) is 9.97 Å². The molecule has 6 nitrogen and oxygen atoms in total. The number of carbonyl (C=O) groups is 1. The largest absolute Gasteiger partial charge is 0.356 e. The number of hydrogen-bond donors (Lipinski definition) is 0. The fourth-order valence-electron chi connectivity index (χ4n) is 3.57. The lowest BCUT2D eigenvalue weighted by molar-refractivity contribution is -0.133. The monoisotopic (exact) mass is 317 g/mol. The third-order valence-electron chi connectivity index (χ3n) is 5.14. The minimum Gasteiger partial charge on any atom is -0.356 e. The Morgan fingerprint density at radius 3 is 2.74 bits per heavy atom. The van der Waals surface area contributed by atoms with Gasteiger partial charge in [0.1, 0.15) is 12.1 Å². The minimum absolute atomic E-state index is 0.342. The number of piperidine rings is 2. The summed E-state index contributed by atoms with van der Waals surface area (Å²) in [6, 6.07) is 2.51. The number of anilines is 1. The van der Waals surface area contributed by atoms with Crippen molar-refractivity contribution in [1.29, 1.82) is 0 Å². The molecule has 0 unspecified atom stereocenters. The van der Waals surface area contributed by atoms with Crippen molar-refractivity contribution < 1.29 is 4.79 Å². The molecule has 23 heavy (non-hydrogen) atoms. The Bertz CT molecular complexity index is 501. The van der Waals surface area contributed by atoms with Crippen LogP contribution in [0.5, 0.6) is 0 Å². The first kappa shape index (κ1) is 16.2. The summed E-state index contributed by atoms with van der Waals surface area (Å²) in [5.41, 5.74) is 0. The van der Waals surface area contributed by atoms with Crippen molar-refractivity contribution in [3.05, 3.63) is 18.6 Å². The van der Waals surface area contributed by atoms with E-state index in [4.69, 9.17) is 0 Å². The Morgan fingerprint density at radius 1 is 1.22 bits per heavy atom. The SMILES string of the molecule is CN(c1ccncn1)C1CCN(CCN2CCCCC2=O)CC1. The predicted octanol–water partition coefficient (Wildman–Crippen LogP) is 1.39. The third kappa shape index (κ3) is 4.19. The molecule has 2 saturated heterocycles. The number of rotatable bonds is 5. The summed E-state index contributed by atoms with van der Waals surface area (Å²) in [5, 5.41) is 0. The Kier molecular flexibility index (Phi) is 5.43. The maximum Gasteiger partial charge on any atom is 0.222 e. The van der Waals surface area contributed by atoms with Crippen molar-refractivity contribution in [1.82, 2.24) is 19.8 Å². The Labute approximate surface area is 138 Å². The first-order chi connectivity index (χ1) is 11.2. The number of carbonyl (C=O) groups excluding carboxylic acids is 1. The second-order valence-corrected chi connectivity index (χ2v) is 6.59. The van der Waals surface area contributed by atoms with E-state index in [9.17, 15) is 4.79 Å². The van der Waals surface area contributed by atoms with Crippen LogP contribution in [-0.2, 0) is 4.79 Å². The lowest BCUT2D eigenvalue weighted by atomic mass is 10.0. The van der Waals surface area contributed by atoms with E-state index < -0.39 is 0 Å². The smallest absolute Gasteiger partial charge is 0.222 e. The van der Waals surface area contributed by atoms with Crippen molar-refractivity contribution in [3.63, 3.8) is 0 Å². The van der Waals surface area contributed by atoms with Crippen LogP contribution in [0.25, 0.3) is 0 Å². The lowest BCUT2D eigenvalue weighted by Crippen LogP contribution is -2.47. The van der Waals surface area contributed by atoms with Crippen molar-refractivity contribution in [3.8, 4) is 0 Å². The van der Waals surface area contributed by atoms with Gasteiger partial charge in [0.2, 0.25) is 5.91 Å². The number of hydrogen-bond acceptors (Lipinski definition) is 5. The molecule has 0 spiro atoms. The highest BCUT2D eigenvalue weighted by Gasteiger charge is 2.24. The van der Waals surface area contributed by atoms with Gasteiger partial charge in [-0.15, -0.1) is 0 Å². The average molecular weight is 317 g/mol. The van der Waals surface area contributed by atoms with Crippen LogP contribution in [0.3, 0.4) is 0 Å².